The molecule has 1 saturated carbocycles. The van der Waals surface area contributed by atoms with Gasteiger partial charge < -0.3 is 10.0 Å². The van der Waals surface area contributed by atoms with E-state index < -0.39 is 5.60 Å². The van der Waals surface area contributed by atoms with E-state index >= 15 is 0 Å². The first-order valence-electron chi connectivity index (χ1n) is 8.54. The van der Waals surface area contributed by atoms with Crippen molar-refractivity contribution in [3.63, 3.8) is 0 Å². The van der Waals surface area contributed by atoms with Crippen LogP contribution in [0.15, 0.2) is 0 Å². The molecule has 0 bridgehead atoms. The zero-order valence-corrected chi connectivity index (χ0v) is 13.5. The van der Waals surface area contributed by atoms with Crippen molar-refractivity contribution in [3.8, 4) is 0 Å². The Kier molecular flexibility index (Phi) is 8.20. The second kappa shape index (κ2) is 9.38. The van der Waals surface area contributed by atoms with Crippen LogP contribution in [0, 0.1) is 0 Å². The van der Waals surface area contributed by atoms with Gasteiger partial charge in [0.05, 0.1) is 5.60 Å². The highest BCUT2D eigenvalue weighted by Gasteiger charge is 2.33. The van der Waals surface area contributed by atoms with E-state index in [1.54, 1.807) is 4.90 Å². The minimum Gasteiger partial charge on any atom is -0.388 e. The topological polar surface area (TPSA) is 40.5 Å². The standard InChI is InChI=1S/C17H33NO2/c1-3-4-5-6-7-8-9-12-16(19)18(2)15-17(20)13-10-11-14-17/h20H,3-15H2,1-2H3. The highest BCUT2D eigenvalue weighted by molar-refractivity contribution is 5.75. The fraction of sp³-hybridized carbons (Fsp3) is 0.941. The van der Waals surface area contributed by atoms with E-state index in [4.69, 9.17) is 0 Å². The molecule has 1 fully saturated rings. The van der Waals surface area contributed by atoms with Gasteiger partial charge in [0.1, 0.15) is 0 Å². The number of hydrogen-bond donors (Lipinski definition) is 1. The van der Waals surface area contributed by atoms with Crippen molar-refractivity contribution in [3.05, 3.63) is 0 Å². The van der Waals surface area contributed by atoms with Crippen LogP contribution in [0.3, 0.4) is 0 Å². The summed E-state index contributed by atoms with van der Waals surface area (Å²) in [5, 5.41) is 10.3. The molecule has 0 spiro atoms. The predicted octanol–water partition coefficient (Wildman–Crippen LogP) is 3.89. The van der Waals surface area contributed by atoms with Crippen molar-refractivity contribution in [2.45, 2.75) is 89.6 Å². The van der Waals surface area contributed by atoms with Crippen LogP contribution in [0.4, 0.5) is 0 Å². The molecule has 0 aromatic rings. The van der Waals surface area contributed by atoms with E-state index in [-0.39, 0.29) is 5.91 Å². The molecule has 0 radical (unpaired) electrons. The number of carbonyl (C=O) groups is 1. The Labute approximate surface area is 124 Å². The second-order valence-corrected chi connectivity index (χ2v) is 6.55. The number of carbonyl (C=O) groups excluding carboxylic acids is 1. The van der Waals surface area contributed by atoms with Crippen molar-refractivity contribution in [1.82, 2.24) is 4.90 Å². The molecule has 3 nitrogen and oxygen atoms in total. The first-order chi connectivity index (χ1) is 9.57. The van der Waals surface area contributed by atoms with E-state index in [0.29, 0.717) is 13.0 Å². The van der Waals surface area contributed by atoms with Crippen LogP contribution in [-0.4, -0.2) is 35.1 Å². The van der Waals surface area contributed by atoms with Gasteiger partial charge in [-0.25, -0.2) is 0 Å². The number of unbranched alkanes of at least 4 members (excludes halogenated alkanes) is 6. The summed E-state index contributed by atoms with van der Waals surface area (Å²) in [6, 6.07) is 0. The molecule has 1 N–H and O–H groups in total. The van der Waals surface area contributed by atoms with E-state index in [0.717, 1.165) is 38.5 Å². The molecule has 3 heteroatoms. The van der Waals surface area contributed by atoms with E-state index in [1.165, 1.54) is 32.1 Å². The maximum absolute atomic E-state index is 12.0. The third-order valence-corrected chi connectivity index (χ3v) is 4.49. The molecule has 1 rings (SSSR count). The summed E-state index contributed by atoms with van der Waals surface area (Å²) in [5.41, 5.74) is -0.607. The van der Waals surface area contributed by atoms with Crippen LogP contribution in [0.1, 0.15) is 84.0 Å². The lowest BCUT2D eigenvalue weighted by Gasteiger charge is -2.28. The Hall–Kier alpha value is -0.570. The van der Waals surface area contributed by atoms with E-state index in [2.05, 4.69) is 6.92 Å². The largest absolute Gasteiger partial charge is 0.388 e. The van der Waals surface area contributed by atoms with Gasteiger partial charge in [0.15, 0.2) is 0 Å². The zero-order chi connectivity index (χ0) is 14.8. The average molecular weight is 283 g/mol. The number of nitrogens with zero attached hydrogens (tertiary/aromatic N) is 1. The van der Waals surface area contributed by atoms with Crippen LogP contribution in [0.2, 0.25) is 0 Å². The zero-order valence-electron chi connectivity index (χ0n) is 13.5. The predicted molar refractivity (Wildman–Crippen MR) is 83.7 cm³/mol. The molecule has 0 heterocycles. The number of rotatable bonds is 10. The summed E-state index contributed by atoms with van der Waals surface area (Å²) in [6.45, 7) is 2.75. The van der Waals surface area contributed by atoms with Gasteiger partial charge in [0, 0.05) is 20.0 Å². The molecule has 0 atom stereocenters. The fourth-order valence-corrected chi connectivity index (χ4v) is 3.15. The van der Waals surface area contributed by atoms with Crippen LogP contribution in [0.25, 0.3) is 0 Å². The number of hydrogen-bond acceptors (Lipinski definition) is 2. The molecule has 20 heavy (non-hydrogen) atoms. The summed E-state index contributed by atoms with van der Waals surface area (Å²) < 4.78 is 0. The number of aliphatic hydroxyl groups is 1. The Balaban J connectivity index is 2.06. The van der Waals surface area contributed by atoms with Crippen LogP contribution < -0.4 is 0 Å². The molecule has 0 aromatic heterocycles. The lowest BCUT2D eigenvalue weighted by molar-refractivity contribution is -0.133. The normalized spacial score (nSPS) is 17.4. The molecule has 1 aliphatic rings. The maximum atomic E-state index is 12.0. The average Bonchev–Trinajstić information content (AvgIpc) is 2.83. The van der Waals surface area contributed by atoms with Gasteiger partial charge in [0.2, 0.25) is 5.91 Å². The van der Waals surface area contributed by atoms with Gasteiger partial charge >= 0.3 is 0 Å². The van der Waals surface area contributed by atoms with Crippen LogP contribution in [-0.2, 0) is 4.79 Å². The Morgan fingerprint density at radius 3 is 2.20 bits per heavy atom. The van der Waals surface area contributed by atoms with E-state index in [1.807, 2.05) is 7.05 Å². The van der Waals surface area contributed by atoms with E-state index in [9.17, 15) is 9.90 Å². The summed E-state index contributed by atoms with van der Waals surface area (Å²) in [4.78, 5) is 13.8. The minimum absolute atomic E-state index is 0.193. The molecule has 0 aromatic carbocycles. The molecular formula is C17H33NO2. The quantitative estimate of drug-likeness (QED) is 0.618. The monoisotopic (exact) mass is 283 g/mol. The third kappa shape index (κ3) is 6.74. The Morgan fingerprint density at radius 2 is 1.60 bits per heavy atom. The molecule has 1 aliphatic carbocycles. The molecule has 118 valence electrons. The number of amides is 1. The molecule has 0 aliphatic heterocycles. The summed E-state index contributed by atoms with van der Waals surface area (Å²) in [6.07, 6.45) is 13.2. The van der Waals surface area contributed by atoms with Crippen LogP contribution >= 0.6 is 0 Å². The number of likely N-dealkylation sites (N-methyl/N-ethyl adjacent to an activating group) is 1. The van der Waals surface area contributed by atoms with Gasteiger partial charge in [-0.15, -0.1) is 0 Å². The molecule has 0 unspecified atom stereocenters. The third-order valence-electron chi connectivity index (χ3n) is 4.49. The first-order valence-corrected chi connectivity index (χ1v) is 8.54. The lowest BCUT2D eigenvalue weighted by Crippen LogP contribution is -2.41. The van der Waals surface area contributed by atoms with Crippen molar-refractivity contribution < 1.29 is 9.90 Å². The Morgan fingerprint density at radius 1 is 1.05 bits per heavy atom. The molecule has 1 amide bonds. The molecular weight excluding hydrogens is 250 g/mol. The molecule has 0 saturated heterocycles. The first kappa shape index (κ1) is 17.5. The van der Waals surface area contributed by atoms with Crippen molar-refractivity contribution in [2.24, 2.45) is 0 Å². The highest BCUT2D eigenvalue weighted by Crippen LogP contribution is 2.30. The Bertz CT molecular complexity index is 272. The van der Waals surface area contributed by atoms with Gasteiger partial charge in [-0.3, -0.25) is 4.79 Å². The van der Waals surface area contributed by atoms with Gasteiger partial charge in [-0.05, 0) is 19.3 Å². The van der Waals surface area contributed by atoms with Crippen molar-refractivity contribution in [2.75, 3.05) is 13.6 Å². The summed E-state index contributed by atoms with van der Waals surface area (Å²) in [7, 11) is 1.83. The smallest absolute Gasteiger partial charge is 0.222 e. The van der Waals surface area contributed by atoms with Crippen molar-refractivity contribution in [1.29, 1.82) is 0 Å². The second-order valence-electron chi connectivity index (χ2n) is 6.55. The summed E-state index contributed by atoms with van der Waals surface area (Å²) in [5.74, 6) is 0.193. The highest BCUT2D eigenvalue weighted by atomic mass is 16.3. The minimum atomic E-state index is -0.607. The maximum Gasteiger partial charge on any atom is 0.222 e. The van der Waals surface area contributed by atoms with Gasteiger partial charge in [-0.1, -0.05) is 58.3 Å². The SMILES string of the molecule is CCCCCCCCCC(=O)N(C)CC1(O)CCCC1. The fourth-order valence-electron chi connectivity index (χ4n) is 3.15. The van der Waals surface area contributed by atoms with Gasteiger partial charge in [0.25, 0.3) is 0 Å². The lowest BCUT2D eigenvalue weighted by atomic mass is 10.0. The van der Waals surface area contributed by atoms with Crippen LogP contribution in [0.5, 0.6) is 0 Å². The summed E-state index contributed by atoms with van der Waals surface area (Å²) >= 11 is 0. The van der Waals surface area contributed by atoms with Crippen molar-refractivity contribution >= 4 is 5.91 Å². The van der Waals surface area contributed by atoms with Gasteiger partial charge in [-0.2, -0.15) is 0 Å².